The van der Waals surface area contributed by atoms with Gasteiger partial charge < -0.3 is 5.11 Å². The molecule has 0 atom stereocenters. The maximum absolute atomic E-state index is 10.4. The maximum atomic E-state index is 10.4. The van der Waals surface area contributed by atoms with Crippen LogP contribution in [-0.4, -0.2) is 10.7 Å². The second kappa shape index (κ2) is 6.73. The van der Waals surface area contributed by atoms with Crippen molar-refractivity contribution < 1.29 is 5.11 Å². The molecular weight excluding hydrogens is 248 g/mol. The zero-order valence-electron chi connectivity index (χ0n) is 13.1. The van der Waals surface area contributed by atoms with Gasteiger partial charge in [-0.05, 0) is 50.5 Å². The Balaban J connectivity index is 3.24. The largest absolute Gasteiger partial charge is 0.384 e. The fourth-order valence-electron chi connectivity index (χ4n) is 2.01. The van der Waals surface area contributed by atoms with Crippen LogP contribution in [-0.2, 0) is 0 Å². The van der Waals surface area contributed by atoms with Gasteiger partial charge in [0.15, 0.2) is 0 Å². The summed E-state index contributed by atoms with van der Waals surface area (Å²) in [6, 6.07) is 9.64. The van der Waals surface area contributed by atoms with E-state index in [1.807, 2.05) is 43.3 Å². The first kappa shape index (κ1) is 16.5. The number of hydrogen-bond donors (Lipinski definition) is 2. The summed E-state index contributed by atoms with van der Waals surface area (Å²) < 4.78 is 0. The molecule has 0 saturated carbocycles. The minimum Gasteiger partial charge on any atom is -0.384 e. The van der Waals surface area contributed by atoms with Crippen LogP contribution in [0.3, 0.4) is 0 Å². The van der Waals surface area contributed by atoms with Crippen molar-refractivity contribution in [3.05, 3.63) is 53.8 Å². The van der Waals surface area contributed by atoms with Gasteiger partial charge in [-0.1, -0.05) is 38.1 Å². The Kier molecular flexibility index (Phi) is 5.54. The molecule has 0 heterocycles. The highest BCUT2D eigenvalue weighted by Gasteiger charge is 2.25. The Morgan fingerprint density at radius 3 is 2.20 bits per heavy atom. The molecule has 20 heavy (non-hydrogen) atoms. The summed E-state index contributed by atoms with van der Waals surface area (Å²) >= 11 is 0. The zero-order valence-corrected chi connectivity index (χ0v) is 13.1. The molecule has 0 unspecified atom stereocenters. The Bertz CT molecular complexity index is 481. The van der Waals surface area contributed by atoms with Gasteiger partial charge in [0.05, 0.1) is 11.4 Å². The van der Waals surface area contributed by atoms with Crippen LogP contribution in [0.1, 0.15) is 34.6 Å². The number of nitrogens with two attached hydrogens (primary N) is 1. The molecule has 110 valence electrons. The van der Waals surface area contributed by atoms with Gasteiger partial charge >= 0.3 is 0 Å². The van der Waals surface area contributed by atoms with Crippen LogP contribution in [0.25, 0.3) is 0 Å². The Morgan fingerprint density at radius 1 is 1.25 bits per heavy atom. The van der Waals surface area contributed by atoms with E-state index in [9.17, 15) is 5.11 Å². The molecule has 0 bridgehead atoms. The maximum Gasteiger partial charge on any atom is 0.100 e. The molecule has 0 aliphatic heterocycles. The van der Waals surface area contributed by atoms with E-state index >= 15 is 0 Å². The summed E-state index contributed by atoms with van der Waals surface area (Å²) in [4.78, 5) is 0. The summed E-state index contributed by atoms with van der Waals surface area (Å²) in [5.74, 6) is 6.58. The lowest BCUT2D eigenvalue weighted by molar-refractivity contribution is 0.116. The molecule has 3 N–H and O–H groups in total. The molecule has 0 amide bonds. The van der Waals surface area contributed by atoms with Gasteiger partial charge in [-0.3, -0.25) is 5.01 Å². The smallest absolute Gasteiger partial charge is 0.100 e. The summed E-state index contributed by atoms with van der Waals surface area (Å²) in [6.07, 6.45) is 4.02. The lowest BCUT2D eigenvalue weighted by Gasteiger charge is -2.31. The number of hydrogen-bond acceptors (Lipinski definition) is 3. The number of rotatable bonds is 5. The van der Waals surface area contributed by atoms with Gasteiger partial charge in [-0.2, -0.15) is 0 Å². The normalized spacial score (nSPS) is 13.8. The Labute approximate surface area is 122 Å². The quantitative estimate of drug-likeness (QED) is 0.490. The molecule has 0 saturated heterocycles. The van der Waals surface area contributed by atoms with Crippen LogP contribution in [0.4, 0.5) is 5.69 Å². The Hall–Kier alpha value is -1.58. The van der Waals surface area contributed by atoms with Gasteiger partial charge in [0.25, 0.3) is 0 Å². The summed E-state index contributed by atoms with van der Waals surface area (Å²) in [5.41, 5.74) is 1.65. The van der Waals surface area contributed by atoms with E-state index in [0.29, 0.717) is 11.6 Å². The van der Waals surface area contributed by atoms with Crippen LogP contribution in [0, 0.1) is 5.92 Å². The molecule has 1 aromatic rings. The summed E-state index contributed by atoms with van der Waals surface area (Å²) in [6.45, 7) is 9.73. The average molecular weight is 274 g/mol. The molecule has 3 nitrogen and oxygen atoms in total. The fourth-order valence-corrected chi connectivity index (χ4v) is 2.01. The van der Waals surface area contributed by atoms with Crippen molar-refractivity contribution in [3.63, 3.8) is 0 Å². The van der Waals surface area contributed by atoms with E-state index < -0.39 is 5.60 Å². The lowest BCUT2D eigenvalue weighted by atomic mass is 9.96. The number of allylic oxidation sites excluding steroid dienone is 3. The van der Waals surface area contributed by atoms with E-state index in [4.69, 9.17) is 5.84 Å². The van der Waals surface area contributed by atoms with E-state index in [2.05, 4.69) is 19.9 Å². The molecule has 0 aliphatic rings. The SMILES string of the molecule is C/C=C(\C=C(/N(N)c1ccccc1)C(C)(C)O)C(C)C. The van der Waals surface area contributed by atoms with Crippen molar-refractivity contribution in [2.45, 2.75) is 40.2 Å². The van der Waals surface area contributed by atoms with Crippen molar-refractivity contribution in [2.24, 2.45) is 11.8 Å². The molecule has 0 aliphatic carbocycles. The van der Waals surface area contributed by atoms with E-state index in [-0.39, 0.29) is 0 Å². The number of nitrogens with zero attached hydrogens (tertiary/aromatic N) is 1. The minimum absolute atomic E-state index is 0.376. The minimum atomic E-state index is -1.02. The van der Waals surface area contributed by atoms with Crippen LogP contribution in [0.5, 0.6) is 0 Å². The molecule has 0 spiro atoms. The Morgan fingerprint density at radius 2 is 1.80 bits per heavy atom. The third-order valence-corrected chi connectivity index (χ3v) is 3.22. The van der Waals surface area contributed by atoms with Crippen molar-refractivity contribution in [1.29, 1.82) is 0 Å². The standard InChI is InChI=1S/C17H26N2O/c1-6-14(13(2)3)12-16(17(4,5)20)19(18)15-10-8-7-9-11-15/h6-13,20H,18H2,1-5H3/b14-6+,16-12-. The highest BCUT2D eigenvalue weighted by atomic mass is 16.3. The molecule has 0 radical (unpaired) electrons. The van der Waals surface area contributed by atoms with E-state index in [1.54, 1.807) is 18.9 Å². The third kappa shape index (κ3) is 4.22. The van der Waals surface area contributed by atoms with E-state index in [0.717, 1.165) is 11.3 Å². The molecule has 0 aromatic heterocycles. The second-order valence-electron chi connectivity index (χ2n) is 5.74. The summed E-state index contributed by atoms with van der Waals surface area (Å²) in [7, 11) is 0. The summed E-state index contributed by atoms with van der Waals surface area (Å²) in [5, 5.41) is 12.0. The fraction of sp³-hybridized carbons (Fsp3) is 0.412. The average Bonchev–Trinajstić information content (AvgIpc) is 2.38. The highest BCUT2D eigenvalue weighted by Crippen LogP contribution is 2.26. The monoisotopic (exact) mass is 274 g/mol. The number of hydrazine groups is 1. The van der Waals surface area contributed by atoms with Gasteiger partial charge in [-0.25, -0.2) is 5.84 Å². The molecule has 0 fully saturated rings. The zero-order chi connectivity index (χ0) is 15.3. The topological polar surface area (TPSA) is 49.5 Å². The van der Waals surface area contributed by atoms with Crippen LogP contribution in [0.15, 0.2) is 53.8 Å². The van der Waals surface area contributed by atoms with Crippen molar-refractivity contribution in [3.8, 4) is 0 Å². The van der Waals surface area contributed by atoms with Gasteiger partial charge in [-0.15, -0.1) is 0 Å². The van der Waals surface area contributed by atoms with Crippen molar-refractivity contribution >= 4 is 5.69 Å². The molecule has 1 rings (SSSR count). The first-order valence-electron chi connectivity index (χ1n) is 6.98. The van der Waals surface area contributed by atoms with Gasteiger partial charge in [0.2, 0.25) is 0 Å². The van der Waals surface area contributed by atoms with Crippen molar-refractivity contribution in [1.82, 2.24) is 0 Å². The number of anilines is 1. The van der Waals surface area contributed by atoms with Crippen LogP contribution >= 0.6 is 0 Å². The second-order valence-corrected chi connectivity index (χ2v) is 5.74. The molecule has 3 heteroatoms. The molecular formula is C17H26N2O. The van der Waals surface area contributed by atoms with Crippen LogP contribution < -0.4 is 10.9 Å². The van der Waals surface area contributed by atoms with Gasteiger partial charge in [0.1, 0.15) is 5.60 Å². The predicted molar refractivity (Wildman–Crippen MR) is 86.1 cm³/mol. The number of aliphatic hydroxyl groups is 1. The van der Waals surface area contributed by atoms with E-state index in [1.165, 1.54) is 0 Å². The van der Waals surface area contributed by atoms with Crippen LogP contribution in [0.2, 0.25) is 0 Å². The predicted octanol–water partition coefficient (Wildman–Crippen LogP) is 3.62. The first-order chi connectivity index (χ1) is 9.27. The lowest BCUT2D eigenvalue weighted by Crippen LogP contribution is -2.41. The van der Waals surface area contributed by atoms with Gasteiger partial charge in [0, 0.05) is 0 Å². The molecule has 1 aromatic carbocycles. The first-order valence-corrected chi connectivity index (χ1v) is 6.98. The third-order valence-electron chi connectivity index (χ3n) is 3.22. The van der Waals surface area contributed by atoms with Crippen molar-refractivity contribution in [2.75, 3.05) is 5.01 Å². The number of para-hydroxylation sites is 1. The highest BCUT2D eigenvalue weighted by molar-refractivity contribution is 5.53. The number of benzene rings is 1.